The van der Waals surface area contributed by atoms with E-state index in [1.807, 2.05) is 11.4 Å². The van der Waals surface area contributed by atoms with Crippen LogP contribution in [0.3, 0.4) is 0 Å². The average molecular weight is 214 g/mol. The maximum Gasteiger partial charge on any atom is 0.126 e. The molecule has 2 nitrogen and oxygen atoms in total. The zero-order valence-corrected chi connectivity index (χ0v) is 8.32. The third kappa shape index (κ3) is 1.34. The van der Waals surface area contributed by atoms with Crippen LogP contribution in [-0.4, -0.2) is 5.11 Å². The van der Waals surface area contributed by atoms with Gasteiger partial charge in [0.15, 0.2) is 0 Å². The molecule has 0 aliphatic heterocycles. The molecule has 0 atom stereocenters. The zero-order chi connectivity index (χ0) is 9.42. The van der Waals surface area contributed by atoms with Crippen LogP contribution in [0.4, 0.5) is 5.69 Å². The van der Waals surface area contributed by atoms with Crippen LogP contribution in [0.2, 0.25) is 0 Å². The minimum absolute atomic E-state index is 0.215. The predicted octanol–water partition coefficient (Wildman–Crippen LogP) is 2.93. The van der Waals surface area contributed by atoms with Gasteiger partial charge in [0.25, 0.3) is 0 Å². The number of hydrogen-bond donors (Lipinski definition) is 2. The number of phenols is 1. The topological polar surface area (TPSA) is 46.2 Å². The number of nitrogen functional groups attached to an aromatic ring is 1. The molecule has 4 heteroatoms. The fraction of sp³-hybridized carbons (Fsp3) is 0.111. The molecule has 1 heterocycles. The number of nitrogens with two attached hydrogens (primary N) is 1. The molecule has 0 aliphatic carbocycles. The van der Waals surface area contributed by atoms with Crippen LogP contribution >= 0.6 is 22.9 Å². The molecule has 2 rings (SSSR count). The third-order valence-electron chi connectivity index (χ3n) is 1.90. The molecule has 3 N–H and O–H groups in total. The lowest BCUT2D eigenvalue weighted by Gasteiger charge is -1.99. The van der Waals surface area contributed by atoms with Crippen LogP contribution < -0.4 is 5.73 Å². The monoisotopic (exact) mass is 213 g/mol. The van der Waals surface area contributed by atoms with Crippen molar-refractivity contribution in [3.63, 3.8) is 0 Å². The van der Waals surface area contributed by atoms with E-state index in [2.05, 4.69) is 0 Å². The molecule has 0 saturated carbocycles. The molecule has 0 aliphatic rings. The van der Waals surface area contributed by atoms with E-state index in [4.69, 9.17) is 17.3 Å². The van der Waals surface area contributed by atoms with E-state index < -0.39 is 0 Å². The molecule has 0 saturated heterocycles. The third-order valence-corrected chi connectivity index (χ3v) is 3.16. The van der Waals surface area contributed by atoms with Crippen LogP contribution in [0.1, 0.15) is 5.56 Å². The van der Waals surface area contributed by atoms with Gasteiger partial charge in [-0.1, -0.05) is 0 Å². The van der Waals surface area contributed by atoms with Gasteiger partial charge in [0, 0.05) is 27.7 Å². The summed E-state index contributed by atoms with van der Waals surface area (Å²) in [7, 11) is 0. The van der Waals surface area contributed by atoms with Crippen molar-refractivity contribution in [3.05, 3.63) is 23.1 Å². The molecule has 1 aromatic carbocycles. The van der Waals surface area contributed by atoms with Gasteiger partial charge in [0.1, 0.15) is 5.75 Å². The lowest BCUT2D eigenvalue weighted by atomic mass is 10.1. The number of phenolic OH excluding ortho intramolecular Hbond substituents is 1. The van der Waals surface area contributed by atoms with E-state index >= 15 is 0 Å². The second-order valence-electron chi connectivity index (χ2n) is 2.81. The Morgan fingerprint density at radius 1 is 1.46 bits per heavy atom. The largest absolute Gasteiger partial charge is 0.507 e. The van der Waals surface area contributed by atoms with Crippen LogP contribution in [0.15, 0.2) is 17.5 Å². The van der Waals surface area contributed by atoms with Crippen molar-refractivity contribution in [3.8, 4) is 5.75 Å². The number of rotatable bonds is 1. The van der Waals surface area contributed by atoms with Crippen LogP contribution in [0.5, 0.6) is 5.75 Å². The number of benzene rings is 1. The summed E-state index contributed by atoms with van der Waals surface area (Å²) in [5.41, 5.74) is 7.12. The van der Waals surface area contributed by atoms with Crippen molar-refractivity contribution >= 4 is 38.7 Å². The first-order chi connectivity index (χ1) is 6.22. The number of alkyl halides is 1. The smallest absolute Gasteiger partial charge is 0.126 e. The molecular formula is C9H8ClNOS. The van der Waals surface area contributed by atoms with Crippen molar-refractivity contribution < 1.29 is 5.11 Å². The van der Waals surface area contributed by atoms with Gasteiger partial charge in [-0.05, 0) is 17.0 Å². The van der Waals surface area contributed by atoms with Crippen molar-refractivity contribution in [1.82, 2.24) is 0 Å². The lowest BCUT2D eigenvalue weighted by Crippen LogP contribution is -1.83. The number of anilines is 1. The summed E-state index contributed by atoms with van der Waals surface area (Å²) in [4.78, 5) is 0. The molecule has 0 bridgehead atoms. The lowest BCUT2D eigenvalue weighted by molar-refractivity contribution is 0.482. The molecular weight excluding hydrogens is 206 g/mol. The van der Waals surface area contributed by atoms with E-state index in [1.54, 1.807) is 17.4 Å². The van der Waals surface area contributed by atoms with Crippen molar-refractivity contribution in [1.29, 1.82) is 0 Å². The number of fused-ring (bicyclic) bond motifs is 1. The number of aromatic hydroxyl groups is 1. The molecule has 1 aromatic heterocycles. The Labute approximate surface area is 84.6 Å². The van der Waals surface area contributed by atoms with Gasteiger partial charge >= 0.3 is 0 Å². The van der Waals surface area contributed by atoms with Crippen molar-refractivity contribution in [2.24, 2.45) is 0 Å². The Hall–Kier alpha value is -0.930. The Bertz CT molecular complexity index is 452. The van der Waals surface area contributed by atoms with Crippen molar-refractivity contribution in [2.45, 2.75) is 5.88 Å². The molecule has 0 spiro atoms. The Balaban J connectivity index is 2.82. The van der Waals surface area contributed by atoms with Crippen molar-refractivity contribution in [2.75, 3.05) is 5.73 Å². The second kappa shape index (κ2) is 3.09. The summed E-state index contributed by atoms with van der Waals surface area (Å²) in [6, 6.07) is 3.39. The summed E-state index contributed by atoms with van der Waals surface area (Å²) in [5.74, 6) is 0.629. The molecule has 0 unspecified atom stereocenters. The van der Waals surface area contributed by atoms with Crippen LogP contribution in [0, 0.1) is 0 Å². The van der Waals surface area contributed by atoms with Crippen LogP contribution in [0.25, 0.3) is 10.1 Å². The van der Waals surface area contributed by atoms with E-state index in [0.717, 1.165) is 15.6 Å². The van der Waals surface area contributed by atoms with Gasteiger partial charge in [0.05, 0.1) is 0 Å². The van der Waals surface area contributed by atoms with Gasteiger partial charge in [-0.3, -0.25) is 0 Å². The maximum absolute atomic E-state index is 9.62. The highest BCUT2D eigenvalue weighted by Crippen LogP contribution is 2.35. The summed E-state index contributed by atoms with van der Waals surface area (Å²) >= 11 is 7.27. The molecule has 13 heavy (non-hydrogen) atoms. The summed E-state index contributed by atoms with van der Waals surface area (Å²) in [5, 5.41) is 12.4. The Morgan fingerprint density at radius 3 is 2.92 bits per heavy atom. The Kier molecular flexibility index (Phi) is 2.06. The van der Waals surface area contributed by atoms with E-state index in [1.165, 1.54) is 0 Å². The number of thiophene rings is 1. The average Bonchev–Trinajstić information content (AvgIpc) is 2.47. The quantitative estimate of drug-likeness (QED) is 0.565. The minimum Gasteiger partial charge on any atom is -0.507 e. The Morgan fingerprint density at radius 2 is 2.23 bits per heavy atom. The fourth-order valence-corrected chi connectivity index (χ4v) is 2.66. The molecule has 0 fully saturated rings. The zero-order valence-electron chi connectivity index (χ0n) is 6.75. The maximum atomic E-state index is 9.62. The van der Waals surface area contributed by atoms with E-state index in [9.17, 15) is 5.11 Å². The summed E-state index contributed by atoms with van der Waals surface area (Å²) < 4.78 is 0.980. The second-order valence-corrected chi connectivity index (χ2v) is 3.99. The number of halogens is 1. The standard InChI is InChI=1S/C9H8ClNOS/c10-3-5-4-13-8-2-6(11)1-7(12)9(5)8/h1-2,4,12H,3,11H2. The highest BCUT2D eigenvalue weighted by Gasteiger charge is 2.08. The highest BCUT2D eigenvalue weighted by atomic mass is 35.5. The SMILES string of the molecule is Nc1cc(O)c2c(CCl)csc2c1. The van der Waals surface area contributed by atoms with E-state index in [-0.39, 0.29) is 5.75 Å². The first-order valence-electron chi connectivity index (χ1n) is 3.77. The first kappa shape index (κ1) is 8.66. The van der Waals surface area contributed by atoms with Crippen LogP contribution in [-0.2, 0) is 5.88 Å². The normalized spacial score (nSPS) is 10.8. The molecule has 68 valence electrons. The molecule has 2 aromatic rings. The van der Waals surface area contributed by atoms with Gasteiger partial charge in [-0.25, -0.2) is 0 Å². The molecule has 0 amide bonds. The molecule has 0 radical (unpaired) electrons. The summed E-state index contributed by atoms with van der Waals surface area (Å²) in [6.45, 7) is 0. The summed E-state index contributed by atoms with van der Waals surface area (Å²) in [6.07, 6.45) is 0. The van der Waals surface area contributed by atoms with Gasteiger partial charge in [0.2, 0.25) is 0 Å². The predicted molar refractivity (Wildman–Crippen MR) is 57.5 cm³/mol. The minimum atomic E-state index is 0.215. The van der Waals surface area contributed by atoms with E-state index in [0.29, 0.717) is 11.6 Å². The highest BCUT2D eigenvalue weighted by molar-refractivity contribution is 7.17. The fourth-order valence-electron chi connectivity index (χ4n) is 1.33. The van der Waals surface area contributed by atoms with Gasteiger partial charge < -0.3 is 10.8 Å². The van der Waals surface area contributed by atoms with Gasteiger partial charge in [-0.2, -0.15) is 0 Å². The number of hydrogen-bond acceptors (Lipinski definition) is 3. The first-order valence-corrected chi connectivity index (χ1v) is 5.18. The van der Waals surface area contributed by atoms with Gasteiger partial charge in [-0.15, -0.1) is 22.9 Å².